The molecule has 0 unspecified atom stereocenters. The summed E-state index contributed by atoms with van der Waals surface area (Å²) in [6.07, 6.45) is 0.792. The van der Waals surface area contributed by atoms with E-state index in [9.17, 15) is 4.79 Å². The highest BCUT2D eigenvalue weighted by Gasteiger charge is 2.08. The highest BCUT2D eigenvalue weighted by Crippen LogP contribution is 2.29. The summed E-state index contributed by atoms with van der Waals surface area (Å²) in [4.78, 5) is 10.9. The number of hydrogen-bond donors (Lipinski definition) is 0. The van der Waals surface area contributed by atoms with Gasteiger partial charge in [0.25, 0.3) is 0 Å². The summed E-state index contributed by atoms with van der Waals surface area (Å²) in [5.74, 6) is 0.572. The molecule has 2 aromatic rings. The molecule has 2 nitrogen and oxygen atoms in total. The Kier molecular flexibility index (Phi) is 4.55. The van der Waals surface area contributed by atoms with Gasteiger partial charge in [-0.2, -0.15) is 0 Å². The molecule has 2 rings (SSSR count). The average molecular weight is 370 g/mol. The fourth-order valence-electron chi connectivity index (χ4n) is 1.54. The fourth-order valence-corrected chi connectivity index (χ4v) is 2.43. The van der Waals surface area contributed by atoms with Crippen molar-refractivity contribution in [3.05, 3.63) is 62.5 Å². The molecular formula is C14H10Br2O2. The Morgan fingerprint density at radius 2 is 1.72 bits per heavy atom. The van der Waals surface area contributed by atoms with E-state index in [0.717, 1.165) is 20.8 Å². The summed E-state index contributed by atoms with van der Waals surface area (Å²) in [6.45, 7) is 0.408. The molecule has 0 aliphatic heterocycles. The van der Waals surface area contributed by atoms with E-state index in [2.05, 4.69) is 31.9 Å². The SMILES string of the molecule is O=Cc1cccc(Br)c1OCc1ccccc1Br. The lowest BCUT2D eigenvalue weighted by molar-refractivity contribution is 0.111. The summed E-state index contributed by atoms with van der Waals surface area (Å²) in [5, 5.41) is 0. The van der Waals surface area contributed by atoms with E-state index in [1.54, 1.807) is 12.1 Å². The minimum absolute atomic E-state index is 0.408. The zero-order valence-electron chi connectivity index (χ0n) is 9.40. The van der Waals surface area contributed by atoms with E-state index in [-0.39, 0.29) is 0 Å². The fraction of sp³-hybridized carbons (Fsp3) is 0.0714. The number of aldehydes is 1. The number of para-hydroxylation sites is 1. The van der Waals surface area contributed by atoms with Gasteiger partial charge < -0.3 is 4.74 Å². The van der Waals surface area contributed by atoms with Crippen molar-refractivity contribution in [3.8, 4) is 5.75 Å². The summed E-state index contributed by atoms with van der Waals surface area (Å²) in [6, 6.07) is 13.2. The molecule has 4 heteroatoms. The Morgan fingerprint density at radius 1 is 1.00 bits per heavy atom. The Morgan fingerprint density at radius 3 is 2.44 bits per heavy atom. The summed E-state index contributed by atoms with van der Waals surface area (Å²) in [5.41, 5.74) is 1.57. The lowest BCUT2D eigenvalue weighted by Gasteiger charge is -2.11. The van der Waals surface area contributed by atoms with Crippen LogP contribution in [0.2, 0.25) is 0 Å². The third-order valence-corrected chi connectivity index (χ3v) is 3.85. The smallest absolute Gasteiger partial charge is 0.153 e. The first-order chi connectivity index (χ1) is 8.72. The van der Waals surface area contributed by atoms with Crippen LogP contribution in [0.3, 0.4) is 0 Å². The van der Waals surface area contributed by atoms with E-state index in [0.29, 0.717) is 17.9 Å². The lowest BCUT2D eigenvalue weighted by Crippen LogP contribution is -1.99. The van der Waals surface area contributed by atoms with Crippen LogP contribution in [0.15, 0.2) is 51.4 Å². The van der Waals surface area contributed by atoms with Crippen molar-refractivity contribution in [3.63, 3.8) is 0 Å². The van der Waals surface area contributed by atoms with Crippen LogP contribution in [0, 0.1) is 0 Å². The topological polar surface area (TPSA) is 26.3 Å². The van der Waals surface area contributed by atoms with E-state index in [1.807, 2.05) is 30.3 Å². The van der Waals surface area contributed by atoms with Crippen molar-refractivity contribution >= 4 is 38.1 Å². The second-order valence-electron chi connectivity index (χ2n) is 3.66. The van der Waals surface area contributed by atoms with Crippen LogP contribution in [0.5, 0.6) is 5.75 Å². The zero-order chi connectivity index (χ0) is 13.0. The van der Waals surface area contributed by atoms with Gasteiger partial charge in [-0.25, -0.2) is 0 Å². The van der Waals surface area contributed by atoms with Gasteiger partial charge in [-0.1, -0.05) is 40.2 Å². The third-order valence-electron chi connectivity index (χ3n) is 2.45. The maximum atomic E-state index is 10.9. The van der Waals surface area contributed by atoms with Gasteiger partial charge in [-0.3, -0.25) is 4.79 Å². The van der Waals surface area contributed by atoms with Crippen molar-refractivity contribution in [2.45, 2.75) is 6.61 Å². The van der Waals surface area contributed by atoms with Gasteiger partial charge in [-0.15, -0.1) is 0 Å². The minimum atomic E-state index is 0.408. The molecule has 0 amide bonds. The molecule has 0 heterocycles. The second kappa shape index (κ2) is 6.16. The summed E-state index contributed by atoms with van der Waals surface area (Å²) >= 11 is 6.85. The molecular weight excluding hydrogens is 360 g/mol. The van der Waals surface area contributed by atoms with Gasteiger partial charge in [-0.05, 0) is 34.1 Å². The number of benzene rings is 2. The Hall–Kier alpha value is -1.13. The number of rotatable bonds is 4. The van der Waals surface area contributed by atoms with Gasteiger partial charge in [0.15, 0.2) is 6.29 Å². The highest BCUT2D eigenvalue weighted by atomic mass is 79.9. The number of carbonyl (C=O) groups is 1. The largest absolute Gasteiger partial charge is 0.487 e. The standard InChI is InChI=1S/C14H10Br2O2/c15-12-6-2-1-4-11(12)9-18-14-10(8-17)5-3-7-13(14)16/h1-8H,9H2. The first-order valence-electron chi connectivity index (χ1n) is 5.32. The molecule has 0 saturated carbocycles. The molecule has 0 aliphatic carbocycles. The maximum absolute atomic E-state index is 10.9. The Balaban J connectivity index is 2.21. The molecule has 0 bridgehead atoms. The van der Waals surface area contributed by atoms with Crippen LogP contribution < -0.4 is 4.74 Å². The summed E-state index contributed by atoms with van der Waals surface area (Å²) < 4.78 is 7.49. The second-order valence-corrected chi connectivity index (χ2v) is 5.36. The molecule has 0 fully saturated rings. The Labute approximate surface area is 122 Å². The zero-order valence-corrected chi connectivity index (χ0v) is 12.6. The van der Waals surface area contributed by atoms with Crippen LogP contribution in [-0.2, 0) is 6.61 Å². The molecule has 0 aliphatic rings. The molecule has 0 atom stereocenters. The van der Waals surface area contributed by atoms with E-state index < -0.39 is 0 Å². The molecule has 0 radical (unpaired) electrons. The normalized spacial score (nSPS) is 10.1. The van der Waals surface area contributed by atoms with E-state index in [4.69, 9.17) is 4.74 Å². The van der Waals surface area contributed by atoms with Crippen molar-refractivity contribution in [2.75, 3.05) is 0 Å². The van der Waals surface area contributed by atoms with Crippen molar-refractivity contribution in [1.82, 2.24) is 0 Å². The number of halogens is 2. The third kappa shape index (κ3) is 3.00. The van der Waals surface area contributed by atoms with Crippen LogP contribution >= 0.6 is 31.9 Å². The van der Waals surface area contributed by atoms with Gasteiger partial charge in [0, 0.05) is 10.0 Å². The number of hydrogen-bond acceptors (Lipinski definition) is 2. The minimum Gasteiger partial charge on any atom is -0.487 e. The van der Waals surface area contributed by atoms with Crippen LogP contribution in [0.4, 0.5) is 0 Å². The molecule has 0 N–H and O–H groups in total. The van der Waals surface area contributed by atoms with Crippen molar-refractivity contribution < 1.29 is 9.53 Å². The highest BCUT2D eigenvalue weighted by molar-refractivity contribution is 9.10. The molecule has 92 valence electrons. The van der Waals surface area contributed by atoms with Crippen molar-refractivity contribution in [1.29, 1.82) is 0 Å². The first kappa shape index (κ1) is 13.3. The predicted molar refractivity (Wildman–Crippen MR) is 78.0 cm³/mol. The Bertz CT molecular complexity index is 567. The maximum Gasteiger partial charge on any atom is 0.153 e. The molecule has 2 aromatic carbocycles. The van der Waals surface area contributed by atoms with E-state index in [1.165, 1.54) is 0 Å². The van der Waals surface area contributed by atoms with Crippen LogP contribution in [-0.4, -0.2) is 6.29 Å². The monoisotopic (exact) mass is 368 g/mol. The molecule has 0 saturated heterocycles. The summed E-state index contributed by atoms with van der Waals surface area (Å²) in [7, 11) is 0. The lowest BCUT2D eigenvalue weighted by atomic mass is 10.2. The van der Waals surface area contributed by atoms with Gasteiger partial charge in [0.05, 0.1) is 10.0 Å². The van der Waals surface area contributed by atoms with Crippen LogP contribution in [0.25, 0.3) is 0 Å². The molecule has 0 spiro atoms. The quantitative estimate of drug-likeness (QED) is 0.736. The average Bonchev–Trinajstić information content (AvgIpc) is 2.39. The predicted octanol–water partition coefficient (Wildman–Crippen LogP) is 4.60. The van der Waals surface area contributed by atoms with Gasteiger partial charge in [0.2, 0.25) is 0 Å². The van der Waals surface area contributed by atoms with Crippen molar-refractivity contribution in [2.24, 2.45) is 0 Å². The number of ether oxygens (including phenoxy) is 1. The first-order valence-corrected chi connectivity index (χ1v) is 6.91. The molecule has 0 aromatic heterocycles. The molecule has 18 heavy (non-hydrogen) atoms. The van der Waals surface area contributed by atoms with Gasteiger partial charge in [0.1, 0.15) is 12.4 Å². The van der Waals surface area contributed by atoms with Crippen LogP contribution in [0.1, 0.15) is 15.9 Å². The van der Waals surface area contributed by atoms with Gasteiger partial charge >= 0.3 is 0 Å². The number of carbonyl (C=O) groups excluding carboxylic acids is 1. The van der Waals surface area contributed by atoms with E-state index >= 15 is 0 Å².